The number of nitrogens with zero attached hydrogens (tertiary/aromatic N) is 4. The number of nitrogens with one attached hydrogen (secondary N) is 7. The molecule has 0 aliphatic carbocycles. The van der Waals surface area contributed by atoms with Gasteiger partial charge in [-0.3, -0.25) is 53.1 Å². The first kappa shape index (κ1) is 65.6. The minimum Gasteiger partial charge on any atom is -0.480 e. The molecule has 3 aromatic carbocycles. The van der Waals surface area contributed by atoms with E-state index in [2.05, 4.69) is 47.2 Å². The molecule has 2 saturated heterocycles. The molecule has 0 bridgehead atoms. The second kappa shape index (κ2) is 33.1. The van der Waals surface area contributed by atoms with E-state index in [4.69, 9.17) is 28.7 Å². The SMILES string of the molecule is CC(=O)NC1CC(C(=O)NCC(=O)NC(Cc2ccccc2)C(=O)NC(CO)C(=O)NC(Cc2ccccc2)C(=O)NC(Cc2ccccc2)C(=O)NC(CCCN=C(N)N)C(=O)O)N(C(=O)C2CCCN2C(=O)C(N)CCCN=C(N)N)C1. The summed E-state index contributed by atoms with van der Waals surface area (Å²) in [7, 11) is 0. The summed E-state index contributed by atoms with van der Waals surface area (Å²) >= 11 is 0. The molecule has 28 nitrogen and oxygen atoms in total. The van der Waals surface area contributed by atoms with Crippen molar-refractivity contribution in [1.29, 1.82) is 0 Å². The van der Waals surface area contributed by atoms with Crippen LogP contribution in [0.3, 0.4) is 0 Å². The number of benzene rings is 3. The summed E-state index contributed by atoms with van der Waals surface area (Å²) in [6.07, 6.45) is 1.14. The molecule has 2 heterocycles. The normalized spacial score (nSPS) is 17.5. The number of amides is 9. The number of nitrogens with two attached hydrogens (primary N) is 5. The van der Waals surface area contributed by atoms with Gasteiger partial charge in [-0.15, -0.1) is 0 Å². The number of carboxylic acids is 1. The topological polar surface area (TPSA) is 457 Å². The first-order chi connectivity index (χ1) is 40.1. The van der Waals surface area contributed by atoms with Crippen LogP contribution in [0, 0.1) is 0 Å². The van der Waals surface area contributed by atoms with Crippen LogP contribution < -0.4 is 65.9 Å². The Bertz CT molecular complexity index is 2800. The van der Waals surface area contributed by atoms with Crippen LogP contribution in [-0.2, 0) is 67.2 Å². The Morgan fingerprint density at radius 1 is 0.607 bits per heavy atom. The summed E-state index contributed by atoms with van der Waals surface area (Å²) in [6.45, 7) is 0.0987. The van der Waals surface area contributed by atoms with E-state index in [1.165, 1.54) is 16.7 Å². The minimum absolute atomic E-state index is 0.0261. The van der Waals surface area contributed by atoms with Gasteiger partial charge in [0.25, 0.3) is 0 Å². The van der Waals surface area contributed by atoms with Gasteiger partial charge >= 0.3 is 5.97 Å². The number of guanidine groups is 2. The summed E-state index contributed by atoms with van der Waals surface area (Å²) in [5.41, 5.74) is 29.6. The Labute approximate surface area is 485 Å². The molecule has 0 aromatic heterocycles. The van der Waals surface area contributed by atoms with Crippen molar-refractivity contribution in [3.63, 3.8) is 0 Å². The Morgan fingerprint density at radius 3 is 1.52 bits per heavy atom. The fourth-order valence-corrected chi connectivity index (χ4v) is 9.81. The zero-order chi connectivity index (χ0) is 61.3. The largest absolute Gasteiger partial charge is 0.480 e. The molecular weight excluding hydrogens is 1090 g/mol. The predicted molar refractivity (Wildman–Crippen MR) is 308 cm³/mol. The summed E-state index contributed by atoms with van der Waals surface area (Å²) in [5.74, 6) is -8.38. The lowest BCUT2D eigenvalue weighted by molar-refractivity contribution is -0.147. The molecule has 9 unspecified atom stereocenters. The Balaban J connectivity index is 1.29. The highest BCUT2D eigenvalue weighted by Crippen LogP contribution is 2.26. The number of carboxylic acid groups (broad SMARTS) is 1. The molecule has 0 radical (unpaired) electrons. The van der Waals surface area contributed by atoms with E-state index in [0.717, 1.165) is 0 Å². The molecule has 0 saturated carbocycles. The lowest BCUT2D eigenvalue weighted by Gasteiger charge is -2.32. The fraction of sp³-hybridized carbons (Fsp3) is 0.464. The molecule has 19 N–H and O–H groups in total. The van der Waals surface area contributed by atoms with Crippen LogP contribution in [0.5, 0.6) is 0 Å². The number of aliphatic carboxylic acids is 1. The maximum absolute atomic E-state index is 14.4. The Hall–Kier alpha value is -9.18. The van der Waals surface area contributed by atoms with Crippen LogP contribution in [-0.4, -0.2) is 185 Å². The van der Waals surface area contributed by atoms with Crippen LogP contribution in [0.15, 0.2) is 101 Å². The highest BCUT2D eigenvalue weighted by atomic mass is 16.4. The molecule has 0 spiro atoms. The number of aliphatic imine (C=N–C) groups is 2. The summed E-state index contributed by atoms with van der Waals surface area (Å²) in [5, 5.41) is 38.6. The Morgan fingerprint density at radius 2 is 1.06 bits per heavy atom. The number of carbonyl (C=O) groups is 10. The number of hydrogen-bond donors (Lipinski definition) is 14. The van der Waals surface area contributed by atoms with Gasteiger partial charge in [-0.25, -0.2) is 4.79 Å². The first-order valence-corrected chi connectivity index (χ1v) is 27.6. The van der Waals surface area contributed by atoms with Gasteiger partial charge < -0.3 is 85.9 Å². The van der Waals surface area contributed by atoms with Gasteiger partial charge in [-0.05, 0) is 61.6 Å². The average Bonchev–Trinajstić information content (AvgIpc) is 4.36. The number of likely N-dealkylation sites (tertiary alicyclic amines) is 2. The third kappa shape index (κ3) is 21.0. The maximum Gasteiger partial charge on any atom is 0.326 e. The molecule has 9 amide bonds. The van der Waals surface area contributed by atoms with Crippen molar-refractivity contribution in [2.75, 3.05) is 39.3 Å². The van der Waals surface area contributed by atoms with Crippen LogP contribution >= 0.6 is 0 Å². The minimum atomic E-state index is -1.72. The number of rotatable bonds is 31. The molecule has 3 aromatic rings. The van der Waals surface area contributed by atoms with Crippen LogP contribution in [0.25, 0.3) is 0 Å². The van der Waals surface area contributed by atoms with Gasteiger partial charge in [0.05, 0.1) is 19.2 Å². The quantitative estimate of drug-likeness (QED) is 0.0165. The number of carbonyl (C=O) groups excluding carboxylic acids is 9. The van der Waals surface area contributed by atoms with E-state index in [9.17, 15) is 58.2 Å². The van der Waals surface area contributed by atoms with Crippen molar-refractivity contribution >= 4 is 71.1 Å². The van der Waals surface area contributed by atoms with Crippen LogP contribution in [0.2, 0.25) is 0 Å². The summed E-state index contributed by atoms with van der Waals surface area (Å²) in [6, 6.07) is 14.4. The lowest BCUT2D eigenvalue weighted by atomic mass is 10.0. The smallest absolute Gasteiger partial charge is 0.326 e. The van der Waals surface area contributed by atoms with Crippen LogP contribution in [0.4, 0.5) is 0 Å². The molecule has 9 atom stereocenters. The summed E-state index contributed by atoms with van der Waals surface area (Å²) in [4.78, 5) is 147. The molecule has 2 aliphatic rings. The molecule has 2 aliphatic heterocycles. The zero-order valence-corrected chi connectivity index (χ0v) is 46.8. The molecule has 84 heavy (non-hydrogen) atoms. The van der Waals surface area contributed by atoms with Gasteiger partial charge in [0, 0.05) is 58.4 Å². The number of aliphatic hydroxyl groups excluding tert-OH is 1. The predicted octanol–water partition coefficient (Wildman–Crippen LogP) is -4.14. The van der Waals surface area contributed by atoms with Crippen molar-refractivity contribution in [2.24, 2.45) is 38.7 Å². The zero-order valence-electron chi connectivity index (χ0n) is 46.8. The molecule has 2 fully saturated rings. The third-order valence-corrected chi connectivity index (χ3v) is 14.0. The Kier molecular flexibility index (Phi) is 25.8. The lowest BCUT2D eigenvalue weighted by Crippen LogP contribution is -2.60. The third-order valence-electron chi connectivity index (χ3n) is 14.0. The monoisotopic (exact) mass is 1170 g/mol. The van der Waals surface area contributed by atoms with E-state index >= 15 is 0 Å². The van der Waals surface area contributed by atoms with Gasteiger partial charge in [0.15, 0.2) is 11.9 Å². The van der Waals surface area contributed by atoms with Gasteiger partial charge in [-0.2, -0.15) is 0 Å². The maximum atomic E-state index is 14.4. The second-order valence-electron chi connectivity index (χ2n) is 20.5. The molecular formula is C56H78N16O12. The van der Waals surface area contributed by atoms with E-state index in [-0.39, 0.29) is 89.5 Å². The molecule has 28 heteroatoms. The summed E-state index contributed by atoms with van der Waals surface area (Å²) < 4.78 is 0. The highest BCUT2D eigenvalue weighted by Gasteiger charge is 2.46. The second-order valence-corrected chi connectivity index (χ2v) is 20.5. The number of hydrogen-bond acceptors (Lipinski definition) is 14. The van der Waals surface area contributed by atoms with Crippen molar-refractivity contribution in [3.8, 4) is 0 Å². The van der Waals surface area contributed by atoms with Gasteiger partial charge in [0.2, 0.25) is 53.2 Å². The molecule has 5 rings (SSSR count). The van der Waals surface area contributed by atoms with Crippen LogP contribution in [0.1, 0.15) is 68.6 Å². The van der Waals surface area contributed by atoms with E-state index in [0.29, 0.717) is 29.5 Å². The van der Waals surface area contributed by atoms with Crippen molar-refractivity contribution in [1.82, 2.24) is 47.0 Å². The van der Waals surface area contributed by atoms with Crippen molar-refractivity contribution in [2.45, 2.75) is 126 Å². The first-order valence-electron chi connectivity index (χ1n) is 27.6. The van der Waals surface area contributed by atoms with Gasteiger partial charge in [-0.1, -0.05) is 91.0 Å². The van der Waals surface area contributed by atoms with E-state index in [1.54, 1.807) is 91.0 Å². The van der Waals surface area contributed by atoms with E-state index in [1.807, 2.05) is 0 Å². The van der Waals surface area contributed by atoms with Crippen molar-refractivity contribution in [3.05, 3.63) is 108 Å². The number of aliphatic hydroxyl groups is 1. The fourth-order valence-electron chi connectivity index (χ4n) is 9.81. The van der Waals surface area contributed by atoms with E-state index < -0.39 is 127 Å². The highest BCUT2D eigenvalue weighted by molar-refractivity contribution is 5.98. The molecule has 454 valence electrons. The van der Waals surface area contributed by atoms with Crippen molar-refractivity contribution < 1.29 is 58.2 Å². The average molecular weight is 1170 g/mol. The standard InChI is InChI=1S/C56H78N16O12/c1-33(74)65-37-29-45(72(31-37)53(82)44-22-13-25-71(44)52(81)38(57)20-11-23-62-55(58)59)51(80)64-30-46(75)66-40(26-34-14-5-2-6-15-34)47(76)70-43(32-73)50(79)69-42(28-36-18-9-4-10-19-36)49(78)68-41(27-35-16-7-3-8-17-35)48(77)67-39(54(83)84)21-12-24-63-56(60)61/h2-10,14-19,37-45,73H,11-13,20-32,57H2,1H3,(H,64,80)(H,65,74)(H,66,75)(H,67,77)(H,68,78)(H,69,79)(H,70,76)(H,83,84)(H4,58,59,62)(H4,60,61,63). The van der Waals surface area contributed by atoms with Gasteiger partial charge in [0.1, 0.15) is 42.3 Å².